The van der Waals surface area contributed by atoms with E-state index in [-0.39, 0.29) is 17.3 Å². The van der Waals surface area contributed by atoms with Crippen molar-refractivity contribution >= 4 is 22.0 Å². The van der Waals surface area contributed by atoms with Gasteiger partial charge in [0, 0.05) is 0 Å². The summed E-state index contributed by atoms with van der Waals surface area (Å²) in [5, 5.41) is 0. The quantitative estimate of drug-likeness (QED) is 0.582. The average Bonchev–Trinajstić information content (AvgIpc) is 2.75. The molecule has 1 atom stereocenters. The number of carbonyl (C=O) groups is 1. The first-order chi connectivity index (χ1) is 8.86. The fraction of sp³-hybridized carbons (Fsp3) is 0.273. The average molecular weight is 283 g/mol. The molecule has 1 aliphatic heterocycles. The molecule has 0 saturated heterocycles. The summed E-state index contributed by atoms with van der Waals surface area (Å²) >= 11 is 0. The van der Waals surface area contributed by atoms with Crippen LogP contribution in [0.2, 0.25) is 0 Å². The van der Waals surface area contributed by atoms with Crippen LogP contribution in [0.3, 0.4) is 0 Å². The van der Waals surface area contributed by atoms with Crippen LogP contribution in [-0.2, 0) is 26.1 Å². The van der Waals surface area contributed by atoms with Gasteiger partial charge in [0.05, 0.1) is 10.9 Å². The Hall–Kier alpha value is -1.77. The van der Waals surface area contributed by atoms with Crippen molar-refractivity contribution in [3.63, 3.8) is 0 Å². The second kappa shape index (κ2) is 5.08. The third-order valence-electron chi connectivity index (χ3n) is 2.57. The lowest BCUT2D eigenvalue weighted by atomic mass is 10.1. The standard InChI is InChI=1S/C11H12N2O5S/c12-9(11-13-6-10(14)18-11)5-7-1-3-8(4-2-7)19(15,16)17/h1-4,9H,5-6,12H2,(H,15,16,17)/p-1. The summed E-state index contributed by atoms with van der Waals surface area (Å²) in [6, 6.07) is 4.82. The third kappa shape index (κ3) is 3.37. The van der Waals surface area contributed by atoms with Crippen molar-refractivity contribution in [3.8, 4) is 0 Å². The summed E-state index contributed by atoms with van der Waals surface area (Å²) in [5.41, 5.74) is 6.52. The second-order valence-electron chi connectivity index (χ2n) is 4.04. The Morgan fingerprint density at radius 3 is 2.47 bits per heavy atom. The summed E-state index contributed by atoms with van der Waals surface area (Å²) in [5.74, 6) is -0.274. The highest BCUT2D eigenvalue weighted by molar-refractivity contribution is 7.85. The Kier molecular flexibility index (Phi) is 3.65. The highest BCUT2D eigenvalue weighted by Gasteiger charge is 2.22. The molecule has 1 unspecified atom stereocenters. The highest BCUT2D eigenvalue weighted by Crippen LogP contribution is 2.12. The molecule has 8 heteroatoms. The van der Waals surface area contributed by atoms with Crippen molar-refractivity contribution < 1.29 is 22.5 Å². The van der Waals surface area contributed by atoms with E-state index in [1.54, 1.807) is 0 Å². The largest absolute Gasteiger partial charge is 0.744 e. The Morgan fingerprint density at radius 1 is 1.37 bits per heavy atom. The predicted molar refractivity (Wildman–Crippen MR) is 64.5 cm³/mol. The second-order valence-corrected chi connectivity index (χ2v) is 5.42. The van der Waals surface area contributed by atoms with Crippen LogP contribution in [0.5, 0.6) is 0 Å². The van der Waals surface area contributed by atoms with Crippen molar-refractivity contribution in [2.24, 2.45) is 10.7 Å². The van der Waals surface area contributed by atoms with Crippen LogP contribution < -0.4 is 5.73 Å². The molecule has 7 nitrogen and oxygen atoms in total. The van der Waals surface area contributed by atoms with E-state index in [9.17, 15) is 17.8 Å². The van der Waals surface area contributed by atoms with E-state index >= 15 is 0 Å². The molecule has 19 heavy (non-hydrogen) atoms. The molecule has 2 rings (SSSR count). The topological polar surface area (TPSA) is 122 Å². The Balaban J connectivity index is 2.06. The van der Waals surface area contributed by atoms with E-state index in [1.165, 1.54) is 24.3 Å². The molecule has 0 amide bonds. The highest BCUT2D eigenvalue weighted by atomic mass is 32.2. The van der Waals surface area contributed by atoms with E-state index in [1.807, 2.05) is 0 Å². The van der Waals surface area contributed by atoms with Gasteiger partial charge in [0.25, 0.3) is 0 Å². The molecule has 2 N–H and O–H groups in total. The minimum atomic E-state index is -4.45. The minimum Gasteiger partial charge on any atom is -0.744 e. The molecule has 0 fully saturated rings. The Morgan fingerprint density at radius 2 is 2.00 bits per heavy atom. The van der Waals surface area contributed by atoms with Gasteiger partial charge < -0.3 is 15.0 Å². The van der Waals surface area contributed by atoms with Crippen LogP contribution in [0.25, 0.3) is 0 Å². The van der Waals surface area contributed by atoms with Crippen LogP contribution in [0, 0.1) is 0 Å². The Labute approximate surface area is 109 Å². The summed E-state index contributed by atoms with van der Waals surface area (Å²) in [4.78, 5) is 14.4. The number of esters is 1. The summed E-state index contributed by atoms with van der Waals surface area (Å²) < 4.78 is 37.1. The molecule has 0 radical (unpaired) electrons. The molecule has 1 aliphatic rings. The smallest absolute Gasteiger partial charge is 0.334 e. The number of hydrogen-bond donors (Lipinski definition) is 1. The van der Waals surface area contributed by atoms with Crippen LogP contribution in [0.4, 0.5) is 0 Å². The van der Waals surface area contributed by atoms with E-state index < -0.39 is 22.1 Å². The lowest BCUT2D eigenvalue weighted by molar-refractivity contribution is -0.132. The zero-order chi connectivity index (χ0) is 14.0. The number of hydrogen-bond acceptors (Lipinski definition) is 7. The maximum atomic E-state index is 10.9. The summed E-state index contributed by atoms with van der Waals surface area (Å²) in [6.45, 7) is -0.0314. The van der Waals surface area contributed by atoms with Gasteiger partial charge in [-0.1, -0.05) is 12.1 Å². The van der Waals surface area contributed by atoms with Crippen molar-refractivity contribution in [3.05, 3.63) is 29.8 Å². The number of aliphatic imine (C=N–C) groups is 1. The van der Waals surface area contributed by atoms with Crippen LogP contribution in [-0.4, -0.2) is 37.4 Å². The van der Waals surface area contributed by atoms with Crippen molar-refractivity contribution in [1.82, 2.24) is 0 Å². The monoisotopic (exact) mass is 283 g/mol. The lowest BCUT2D eigenvalue weighted by Gasteiger charge is -2.11. The van der Waals surface area contributed by atoms with E-state index in [0.717, 1.165) is 0 Å². The van der Waals surface area contributed by atoms with E-state index in [0.29, 0.717) is 12.0 Å². The van der Waals surface area contributed by atoms with Gasteiger partial charge in [-0.05, 0) is 24.1 Å². The zero-order valence-corrected chi connectivity index (χ0v) is 10.6. The van der Waals surface area contributed by atoms with Crippen LogP contribution in [0.15, 0.2) is 34.2 Å². The minimum absolute atomic E-state index is 0.0314. The normalized spacial score (nSPS) is 16.9. The van der Waals surface area contributed by atoms with Gasteiger partial charge in [0.2, 0.25) is 5.90 Å². The van der Waals surface area contributed by atoms with Crippen molar-refractivity contribution in [2.45, 2.75) is 17.4 Å². The van der Waals surface area contributed by atoms with Gasteiger partial charge in [0.15, 0.2) is 0 Å². The number of rotatable bonds is 4. The molecule has 1 aromatic rings. The first-order valence-corrected chi connectivity index (χ1v) is 6.82. The first-order valence-electron chi connectivity index (χ1n) is 5.42. The fourth-order valence-corrected chi connectivity index (χ4v) is 2.12. The summed E-state index contributed by atoms with van der Waals surface area (Å²) in [6.07, 6.45) is 0.325. The Bertz CT molecular complexity index is 621. The van der Waals surface area contributed by atoms with Crippen molar-refractivity contribution in [2.75, 3.05) is 6.54 Å². The molecule has 1 aromatic carbocycles. The number of ether oxygens (including phenoxy) is 1. The SMILES string of the molecule is NC(Cc1ccc(S(=O)(=O)[O-])cc1)C1=NCC(=O)O1. The number of nitrogens with two attached hydrogens (primary N) is 1. The van der Waals surface area contributed by atoms with E-state index in [4.69, 9.17) is 10.5 Å². The zero-order valence-electron chi connectivity index (χ0n) is 9.78. The van der Waals surface area contributed by atoms with Gasteiger partial charge in [-0.15, -0.1) is 0 Å². The molecule has 1 heterocycles. The maximum Gasteiger partial charge on any atom is 0.334 e. The molecule has 0 bridgehead atoms. The summed E-state index contributed by atoms with van der Waals surface area (Å²) in [7, 11) is -4.45. The van der Waals surface area contributed by atoms with Gasteiger partial charge >= 0.3 is 5.97 Å². The molecule has 0 saturated carbocycles. The van der Waals surface area contributed by atoms with Gasteiger partial charge in [-0.2, -0.15) is 0 Å². The maximum absolute atomic E-state index is 10.9. The van der Waals surface area contributed by atoms with Gasteiger partial charge in [-0.3, -0.25) is 0 Å². The van der Waals surface area contributed by atoms with Crippen LogP contribution in [0.1, 0.15) is 5.56 Å². The molecule has 102 valence electrons. The fourth-order valence-electron chi connectivity index (χ4n) is 1.65. The third-order valence-corrected chi connectivity index (χ3v) is 3.42. The number of cyclic esters (lactones) is 1. The van der Waals surface area contributed by atoms with Gasteiger partial charge in [-0.25, -0.2) is 18.2 Å². The molecule has 0 spiro atoms. The molecule has 0 aliphatic carbocycles. The first kappa shape index (κ1) is 13.7. The van der Waals surface area contributed by atoms with Crippen LogP contribution >= 0.6 is 0 Å². The van der Waals surface area contributed by atoms with Crippen molar-refractivity contribution in [1.29, 1.82) is 0 Å². The number of carbonyl (C=O) groups excluding carboxylic acids is 1. The molecular formula is C11H11N2O5S-. The number of benzene rings is 1. The molecular weight excluding hydrogens is 272 g/mol. The van der Waals surface area contributed by atoms with E-state index in [2.05, 4.69) is 4.99 Å². The molecule has 0 aromatic heterocycles. The lowest BCUT2D eigenvalue weighted by Crippen LogP contribution is -2.33. The predicted octanol–water partition coefficient (Wildman–Crippen LogP) is -0.584. The number of nitrogens with zero attached hydrogens (tertiary/aromatic N) is 1. The van der Waals surface area contributed by atoms with Gasteiger partial charge in [0.1, 0.15) is 16.7 Å².